The van der Waals surface area contributed by atoms with Crippen molar-refractivity contribution in [2.24, 2.45) is 0 Å². The summed E-state index contributed by atoms with van der Waals surface area (Å²) < 4.78 is 80.1. The van der Waals surface area contributed by atoms with Gasteiger partial charge in [-0.05, 0) is 55.8 Å². The van der Waals surface area contributed by atoms with Gasteiger partial charge in [0.15, 0.2) is 0 Å². The van der Waals surface area contributed by atoms with Crippen LogP contribution in [0.3, 0.4) is 0 Å². The van der Waals surface area contributed by atoms with Crippen molar-refractivity contribution in [1.29, 1.82) is 0 Å². The van der Waals surface area contributed by atoms with Crippen molar-refractivity contribution in [2.75, 3.05) is 37.6 Å². The zero-order valence-electron chi connectivity index (χ0n) is 28.6. The number of phenolic OH excluding ortho intramolecular Hbond substituents is 1. The number of aromatic hydroxyl groups is 1. The van der Waals surface area contributed by atoms with Crippen molar-refractivity contribution in [1.82, 2.24) is 24.8 Å². The second-order valence-corrected chi connectivity index (χ2v) is 11.9. The average molecular weight is 604 g/mol. The number of anilines is 1. The van der Waals surface area contributed by atoms with Crippen molar-refractivity contribution in [3.8, 4) is 29.8 Å². The molecule has 2 aromatic carbocycles. The topological polar surface area (TPSA) is 95.8 Å². The molecule has 4 aliphatic heterocycles. The molecule has 8 rings (SSSR count). The minimum Gasteiger partial charge on any atom is -0.508 e. The van der Waals surface area contributed by atoms with Crippen LogP contribution < -0.4 is 20.5 Å². The van der Waals surface area contributed by atoms with Crippen LogP contribution in [0.25, 0.3) is 27.4 Å². The van der Waals surface area contributed by atoms with Crippen molar-refractivity contribution < 1.29 is 25.5 Å². The molecule has 4 aromatic rings. The third kappa shape index (κ3) is 4.31. The van der Waals surface area contributed by atoms with E-state index in [9.17, 15) is 14.3 Å². The largest absolute Gasteiger partial charge is 0.508 e. The summed E-state index contributed by atoms with van der Waals surface area (Å²) in [5.41, 5.74) is -2.73. The Kier molecular flexibility index (Phi) is 5.13. The van der Waals surface area contributed by atoms with Crippen LogP contribution in [-0.4, -0.2) is 81.0 Å². The highest BCUT2D eigenvalue weighted by molar-refractivity contribution is 5.97. The molecular weight excluding hydrogens is 566 g/mol. The second-order valence-electron chi connectivity index (χ2n) is 11.9. The van der Waals surface area contributed by atoms with Gasteiger partial charge in [-0.15, -0.1) is 6.42 Å². The molecule has 6 heterocycles. The Labute approximate surface area is 259 Å². The van der Waals surface area contributed by atoms with E-state index in [2.05, 4.69) is 21.2 Å². The van der Waals surface area contributed by atoms with Crippen LogP contribution in [0.15, 0.2) is 41.3 Å². The zero-order chi connectivity index (χ0) is 34.7. The fraction of sp³-hybridized carbons (Fsp3) is 0.424. The Hall–Kier alpha value is -4.27. The molecule has 0 spiro atoms. The van der Waals surface area contributed by atoms with Crippen LogP contribution in [0.2, 0.25) is 0 Å². The number of hydrogen-bond donors (Lipinski definition) is 2. The lowest BCUT2D eigenvalue weighted by atomic mass is 9.95. The fourth-order valence-corrected chi connectivity index (χ4v) is 7.17. The highest BCUT2D eigenvalue weighted by Crippen LogP contribution is 2.40. The van der Waals surface area contributed by atoms with E-state index in [0.717, 1.165) is 17.7 Å². The summed E-state index contributed by atoms with van der Waals surface area (Å²) in [5.74, 6) is 1.77. The molecule has 4 saturated heterocycles. The van der Waals surface area contributed by atoms with Gasteiger partial charge in [0.25, 0.3) is 5.56 Å². The quantitative estimate of drug-likeness (QED) is 0.334. The van der Waals surface area contributed by atoms with Gasteiger partial charge in [0, 0.05) is 58.5 Å². The molecule has 11 heteroatoms. The van der Waals surface area contributed by atoms with Gasteiger partial charge in [0.1, 0.15) is 35.6 Å². The van der Waals surface area contributed by atoms with Gasteiger partial charge in [-0.3, -0.25) is 14.3 Å². The number of nitrogens with one attached hydrogen (secondary N) is 1. The maximum Gasteiger partial charge on any atom is 0.319 e. The van der Waals surface area contributed by atoms with Crippen molar-refractivity contribution in [2.45, 2.75) is 55.9 Å². The van der Waals surface area contributed by atoms with Crippen LogP contribution in [-0.2, 0) is 0 Å². The van der Waals surface area contributed by atoms with Gasteiger partial charge in [-0.1, -0.05) is 12.0 Å². The minimum absolute atomic E-state index is 0.0935. The van der Waals surface area contributed by atoms with E-state index in [1.165, 1.54) is 35.0 Å². The lowest BCUT2D eigenvalue weighted by molar-refractivity contribution is 0.107. The number of alkyl halides is 1. The number of aromatic nitrogens is 3. The monoisotopic (exact) mass is 603 g/mol. The van der Waals surface area contributed by atoms with E-state index in [1.54, 1.807) is 6.07 Å². The first-order valence-corrected chi connectivity index (χ1v) is 14.6. The fourth-order valence-electron chi connectivity index (χ4n) is 7.17. The number of piperazine rings is 1. The number of benzene rings is 2. The maximum absolute atomic E-state index is 15.2. The standard InChI is InChI=1S/C33H32F2N6O3/c1-2-24-26(35)7-4-19-12-23(42)13-27(28(19)24)41-11-8-25-29(31(41)43)37-32(38-30(25)39-16-21-5-6-22(17-39)36-21)44-18-33-9-3-10-40(33)15-20(34)14-33/h1,4,7-8,11-13,20-22,36,42H,3,5-6,9-10,14-18H2/t20-,21-,22+,33+/m1/s1/i10D2,18D2,20D. The molecular formula is C33H32F2N6O3. The normalized spacial score (nSPS) is 31.2. The lowest BCUT2D eigenvalue weighted by Gasteiger charge is -2.34. The molecule has 9 nitrogen and oxygen atoms in total. The smallest absolute Gasteiger partial charge is 0.319 e. The molecule has 4 aliphatic rings. The number of ether oxygens (including phenoxy) is 1. The van der Waals surface area contributed by atoms with Gasteiger partial charge >= 0.3 is 6.01 Å². The van der Waals surface area contributed by atoms with Gasteiger partial charge in [-0.25, -0.2) is 8.78 Å². The van der Waals surface area contributed by atoms with Gasteiger partial charge in [-0.2, -0.15) is 9.97 Å². The molecule has 0 amide bonds. The molecule has 4 atom stereocenters. The molecule has 2 N–H and O–H groups in total. The van der Waals surface area contributed by atoms with Crippen LogP contribution in [0.1, 0.15) is 44.5 Å². The number of phenols is 1. The SMILES string of the molecule is [2H]C1([2H])CC[C@@]2(C([2H])([2H])Oc3nc(N4C[C@H]5CC[C@@H](C4)N5)c4ccn(-c5cc(O)cc6ccc(F)c(C#C)c56)c(=O)c4n3)C[C@@]([2H])(F)CN12. The molecule has 4 fully saturated rings. The van der Waals surface area contributed by atoms with Crippen LogP contribution in [0.4, 0.5) is 14.6 Å². The summed E-state index contributed by atoms with van der Waals surface area (Å²) in [4.78, 5) is 26.4. The molecule has 0 aliphatic carbocycles. The zero-order valence-corrected chi connectivity index (χ0v) is 23.6. The van der Waals surface area contributed by atoms with Gasteiger partial charge in [0.05, 0.1) is 26.3 Å². The first kappa shape index (κ1) is 22.3. The van der Waals surface area contributed by atoms with E-state index in [1.807, 2.05) is 4.90 Å². The molecule has 2 aromatic heterocycles. The van der Waals surface area contributed by atoms with E-state index < -0.39 is 55.1 Å². The Bertz CT molecular complexity index is 2150. The lowest BCUT2D eigenvalue weighted by Crippen LogP contribution is -2.51. The van der Waals surface area contributed by atoms with E-state index in [0.29, 0.717) is 29.7 Å². The number of rotatable bonds is 5. The predicted molar refractivity (Wildman–Crippen MR) is 163 cm³/mol. The van der Waals surface area contributed by atoms with Crippen LogP contribution >= 0.6 is 0 Å². The van der Waals surface area contributed by atoms with Crippen molar-refractivity contribution in [3.05, 3.63) is 58.3 Å². The Morgan fingerprint density at radius 2 is 2.07 bits per heavy atom. The summed E-state index contributed by atoms with van der Waals surface area (Å²) >= 11 is 0. The summed E-state index contributed by atoms with van der Waals surface area (Å²) in [7, 11) is 0. The number of terminal acetylenes is 1. The average Bonchev–Trinajstić information content (AvgIpc) is 3.63. The summed E-state index contributed by atoms with van der Waals surface area (Å²) in [6, 6.07) is 6.72. The minimum atomic E-state index is -2.78. The van der Waals surface area contributed by atoms with E-state index in [4.69, 9.17) is 18.0 Å². The first-order chi connectivity index (χ1) is 23.1. The highest BCUT2D eigenvalue weighted by atomic mass is 19.1. The summed E-state index contributed by atoms with van der Waals surface area (Å²) in [5, 5.41) is 15.1. The number of fused-ring (bicyclic) bond motifs is 5. The number of halogens is 2. The Morgan fingerprint density at radius 1 is 1.25 bits per heavy atom. The van der Waals surface area contributed by atoms with E-state index in [-0.39, 0.29) is 52.8 Å². The second kappa shape index (κ2) is 10.1. The molecule has 2 bridgehead atoms. The maximum atomic E-state index is 15.2. The van der Waals surface area contributed by atoms with E-state index >= 15 is 4.39 Å². The third-order valence-electron chi connectivity index (χ3n) is 9.17. The third-order valence-corrected chi connectivity index (χ3v) is 9.17. The molecule has 0 radical (unpaired) electrons. The number of hydrogen-bond acceptors (Lipinski definition) is 8. The molecule has 0 saturated carbocycles. The first-order valence-electron chi connectivity index (χ1n) is 17.1. The van der Waals surface area contributed by atoms with Crippen molar-refractivity contribution in [3.63, 3.8) is 0 Å². The number of nitrogens with zero attached hydrogens (tertiary/aromatic N) is 5. The highest BCUT2D eigenvalue weighted by Gasteiger charge is 2.49. The molecule has 44 heavy (non-hydrogen) atoms. The molecule has 226 valence electrons. The Balaban J connectivity index is 1.31. The summed E-state index contributed by atoms with van der Waals surface area (Å²) in [6.07, 6.45) is 5.55. The molecule has 0 unspecified atom stereocenters. The Morgan fingerprint density at radius 3 is 2.86 bits per heavy atom. The number of pyridine rings is 1. The van der Waals surface area contributed by atoms with Crippen molar-refractivity contribution >= 4 is 27.5 Å². The summed E-state index contributed by atoms with van der Waals surface area (Å²) in [6.45, 7) is -4.41. The van der Waals surface area contributed by atoms with Gasteiger partial charge in [0.2, 0.25) is 0 Å². The predicted octanol–water partition coefficient (Wildman–Crippen LogP) is 3.66. The van der Waals surface area contributed by atoms with Crippen LogP contribution in [0, 0.1) is 18.2 Å². The van der Waals surface area contributed by atoms with Gasteiger partial charge < -0.3 is 20.1 Å². The van der Waals surface area contributed by atoms with Crippen LogP contribution in [0.5, 0.6) is 11.8 Å².